The highest BCUT2D eigenvalue weighted by atomic mass is 32.1. The van der Waals surface area contributed by atoms with Crippen molar-refractivity contribution in [3.63, 3.8) is 0 Å². The Bertz CT molecular complexity index is 840. The van der Waals surface area contributed by atoms with Gasteiger partial charge in [-0.1, -0.05) is 30.3 Å². The first-order valence-electron chi connectivity index (χ1n) is 7.69. The third-order valence-corrected chi connectivity index (χ3v) is 4.78. The molecule has 2 aromatic carbocycles. The van der Waals surface area contributed by atoms with Crippen LogP contribution in [-0.2, 0) is 0 Å². The van der Waals surface area contributed by atoms with E-state index in [2.05, 4.69) is 48.8 Å². The number of fused-ring (bicyclic) bond motifs is 1. The molecule has 0 spiro atoms. The van der Waals surface area contributed by atoms with E-state index in [-0.39, 0.29) is 5.60 Å². The van der Waals surface area contributed by atoms with Crippen molar-refractivity contribution in [3.05, 3.63) is 53.9 Å². The molecule has 4 heteroatoms. The van der Waals surface area contributed by atoms with Gasteiger partial charge in [-0.05, 0) is 32.0 Å². The Morgan fingerprint density at radius 2 is 1.91 bits per heavy atom. The van der Waals surface area contributed by atoms with Crippen LogP contribution in [0.1, 0.15) is 13.8 Å². The van der Waals surface area contributed by atoms with Crippen LogP contribution in [0.3, 0.4) is 0 Å². The molecule has 0 bridgehead atoms. The molecule has 0 saturated carbocycles. The molecule has 2 heterocycles. The standard InChI is InChI=1S/C19H18N2OS/c1-19(2)12-20-15-10-14(8-9-17(15)22-19)18-21-16(11-23-18)13-6-4-3-5-7-13/h3-11,20H,12H2,1-2H3. The minimum atomic E-state index is -0.170. The number of aromatic nitrogens is 1. The van der Waals surface area contributed by atoms with Gasteiger partial charge < -0.3 is 10.1 Å². The Morgan fingerprint density at radius 3 is 2.74 bits per heavy atom. The van der Waals surface area contributed by atoms with Crippen molar-refractivity contribution in [2.75, 3.05) is 11.9 Å². The van der Waals surface area contributed by atoms with Gasteiger partial charge in [0.2, 0.25) is 0 Å². The normalized spacial score (nSPS) is 15.4. The van der Waals surface area contributed by atoms with Gasteiger partial charge in [0.25, 0.3) is 0 Å². The number of thiazole rings is 1. The van der Waals surface area contributed by atoms with Gasteiger partial charge in [-0.3, -0.25) is 0 Å². The average Bonchev–Trinajstić information content (AvgIpc) is 3.04. The van der Waals surface area contributed by atoms with Crippen LogP contribution in [0.2, 0.25) is 0 Å². The van der Waals surface area contributed by atoms with Gasteiger partial charge >= 0.3 is 0 Å². The highest BCUT2D eigenvalue weighted by molar-refractivity contribution is 7.13. The minimum absolute atomic E-state index is 0.170. The number of hydrogen-bond acceptors (Lipinski definition) is 4. The zero-order valence-electron chi connectivity index (χ0n) is 13.2. The molecule has 1 aliphatic rings. The van der Waals surface area contributed by atoms with Crippen molar-refractivity contribution in [3.8, 4) is 27.6 Å². The van der Waals surface area contributed by atoms with E-state index in [0.717, 1.165) is 39.8 Å². The van der Waals surface area contributed by atoms with Gasteiger partial charge in [-0.25, -0.2) is 4.98 Å². The summed E-state index contributed by atoms with van der Waals surface area (Å²) in [7, 11) is 0. The Hall–Kier alpha value is -2.33. The van der Waals surface area contributed by atoms with Gasteiger partial charge in [0, 0.05) is 16.5 Å². The van der Waals surface area contributed by atoms with Crippen LogP contribution < -0.4 is 10.1 Å². The van der Waals surface area contributed by atoms with Crippen LogP contribution in [0, 0.1) is 0 Å². The second-order valence-corrected chi connectivity index (χ2v) is 7.19. The summed E-state index contributed by atoms with van der Waals surface area (Å²) in [6.07, 6.45) is 0. The quantitative estimate of drug-likeness (QED) is 0.716. The molecule has 0 atom stereocenters. The van der Waals surface area contributed by atoms with E-state index in [1.54, 1.807) is 11.3 Å². The third kappa shape index (κ3) is 2.82. The fourth-order valence-electron chi connectivity index (χ4n) is 2.68. The number of nitrogens with zero attached hydrogens (tertiary/aromatic N) is 1. The zero-order chi connectivity index (χ0) is 15.9. The van der Waals surface area contributed by atoms with E-state index >= 15 is 0 Å². The first kappa shape index (κ1) is 14.3. The van der Waals surface area contributed by atoms with Gasteiger partial charge in [-0.15, -0.1) is 11.3 Å². The molecule has 3 nitrogen and oxygen atoms in total. The van der Waals surface area contributed by atoms with E-state index < -0.39 is 0 Å². The number of benzene rings is 2. The molecule has 1 aromatic heterocycles. The molecule has 1 aliphatic heterocycles. The predicted octanol–water partition coefficient (Wildman–Crippen LogP) is 5.06. The lowest BCUT2D eigenvalue weighted by molar-refractivity contribution is 0.116. The number of hydrogen-bond donors (Lipinski definition) is 1. The summed E-state index contributed by atoms with van der Waals surface area (Å²) < 4.78 is 6.01. The second-order valence-electron chi connectivity index (χ2n) is 6.33. The van der Waals surface area contributed by atoms with E-state index in [9.17, 15) is 0 Å². The first-order valence-corrected chi connectivity index (χ1v) is 8.57. The van der Waals surface area contributed by atoms with E-state index in [1.807, 2.05) is 24.3 Å². The van der Waals surface area contributed by atoms with Crippen LogP contribution in [0.15, 0.2) is 53.9 Å². The first-order chi connectivity index (χ1) is 11.1. The summed E-state index contributed by atoms with van der Waals surface area (Å²) in [6, 6.07) is 16.5. The van der Waals surface area contributed by atoms with Crippen molar-refractivity contribution >= 4 is 17.0 Å². The summed E-state index contributed by atoms with van der Waals surface area (Å²) in [5.74, 6) is 0.907. The smallest absolute Gasteiger partial charge is 0.143 e. The van der Waals surface area contributed by atoms with Crippen molar-refractivity contribution in [2.24, 2.45) is 0 Å². The molecule has 0 aliphatic carbocycles. The number of anilines is 1. The fraction of sp³-hybridized carbons (Fsp3) is 0.211. The van der Waals surface area contributed by atoms with Gasteiger partial charge in [0.05, 0.1) is 17.9 Å². The van der Waals surface area contributed by atoms with Crippen LogP contribution >= 0.6 is 11.3 Å². The Labute approximate surface area is 140 Å². The Balaban J connectivity index is 1.66. The summed E-state index contributed by atoms with van der Waals surface area (Å²) >= 11 is 1.67. The Morgan fingerprint density at radius 1 is 1.09 bits per heavy atom. The van der Waals surface area contributed by atoms with Crippen molar-refractivity contribution in [1.29, 1.82) is 0 Å². The second kappa shape index (κ2) is 5.39. The largest absolute Gasteiger partial charge is 0.484 e. The number of ether oxygens (including phenoxy) is 1. The lowest BCUT2D eigenvalue weighted by Crippen LogP contribution is -2.39. The molecule has 0 fully saturated rings. The lowest BCUT2D eigenvalue weighted by Gasteiger charge is -2.33. The number of nitrogens with one attached hydrogen (secondary N) is 1. The SMILES string of the molecule is CC1(C)CNc2cc(-c3nc(-c4ccccc4)cs3)ccc2O1. The summed E-state index contributed by atoms with van der Waals surface area (Å²) in [5, 5.41) is 6.59. The zero-order valence-corrected chi connectivity index (χ0v) is 14.0. The molecule has 0 unspecified atom stereocenters. The molecule has 0 saturated heterocycles. The topological polar surface area (TPSA) is 34.2 Å². The highest BCUT2D eigenvalue weighted by Gasteiger charge is 2.26. The average molecular weight is 322 g/mol. The highest BCUT2D eigenvalue weighted by Crippen LogP contribution is 2.37. The van der Waals surface area contributed by atoms with E-state index in [0.29, 0.717) is 0 Å². The van der Waals surface area contributed by atoms with Crippen molar-refractivity contribution in [2.45, 2.75) is 19.4 Å². The third-order valence-electron chi connectivity index (χ3n) is 3.89. The lowest BCUT2D eigenvalue weighted by atomic mass is 10.1. The van der Waals surface area contributed by atoms with E-state index in [1.165, 1.54) is 0 Å². The molecule has 0 amide bonds. The summed E-state index contributed by atoms with van der Waals surface area (Å²) in [6.45, 7) is 4.98. The van der Waals surface area contributed by atoms with Crippen molar-refractivity contribution < 1.29 is 4.74 Å². The van der Waals surface area contributed by atoms with Crippen LogP contribution in [0.25, 0.3) is 21.8 Å². The van der Waals surface area contributed by atoms with Crippen molar-refractivity contribution in [1.82, 2.24) is 4.98 Å². The van der Waals surface area contributed by atoms with Crippen LogP contribution in [0.5, 0.6) is 5.75 Å². The predicted molar refractivity (Wildman–Crippen MR) is 96.2 cm³/mol. The molecule has 3 aromatic rings. The van der Waals surface area contributed by atoms with E-state index in [4.69, 9.17) is 9.72 Å². The molecule has 116 valence electrons. The summed E-state index contributed by atoms with van der Waals surface area (Å²) in [4.78, 5) is 4.78. The van der Waals surface area contributed by atoms with Gasteiger partial charge in [0.1, 0.15) is 16.4 Å². The fourth-order valence-corrected chi connectivity index (χ4v) is 3.51. The van der Waals surface area contributed by atoms with Crippen LogP contribution in [0.4, 0.5) is 5.69 Å². The molecular weight excluding hydrogens is 304 g/mol. The molecule has 23 heavy (non-hydrogen) atoms. The van der Waals surface area contributed by atoms with Gasteiger partial charge in [-0.2, -0.15) is 0 Å². The maximum Gasteiger partial charge on any atom is 0.143 e. The molecule has 0 radical (unpaired) electrons. The summed E-state index contributed by atoms with van der Waals surface area (Å²) in [5.41, 5.74) is 4.16. The van der Waals surface area contributed by atoms with Crippen LogP contribution in [-0.4, -0.2) is 17.1 Å². The minimum Gasteiger partial charge on any atom is -0.484 e. The van der Waals surface area contributed by atoms with Gasteiger partial charge in [0.15, 0.2) is 0 Å². The Kier molecular flexibility index (Phi) is 3.34. The maximum absolute atomic E-state index is 6.01. The molecule has 4 rings (SSSR count). The molecular formula is C19H18N2OS. The molecule has 1 N–H and O–H groups in total. The maximum atomic E-state index is 6.01. The number of rotatable bonds is 2. The monoisotopic (exact) mass is 322 g/mol.